The third-order valence-corrected chi connectivity index (χ3v) is 8.98. The summed E-state index contributed by atoms with van der Waals surface area (Å²) in [5.74, 6) is 0.569. The largest absolute Gasteiger partial charge is 0.317 e. The second-order valence-electron chi connectivity index (χ2n) is 10.4. The highest BCUT2D eigenvalue weighted by atomic mass is 32.2. The number of nitrogens with one attached hydrogen (secondary N) is 2. The van der Waals surface area contributed by atoms with Gasteiger partial charge < -0.3 is 10.6 Å². The number of azo groups is 1. The highest BCUT2D eigenvalue weighted by molar-refractivity contribution is 7.90. The molecule has 3 aliphatic heterocycles. The zero-order valence-electron chi connectivity index (χ0n) is 20.9. The van der Waals surface area contributed by atoms with E-state index in [-0.39, 0.29) is 24.0 Å². The second-order valence-corrected chi connectivity index (χ2v) is 12.4. The van der Waals surface area contributed by atoms with E-state index < -0.39 is 15.5 Å². The molecule has 0 spiro atoms. The van der Waals surface area contributed by atoms with E-state index in [1.54, 1.807) is 6.92 Å². The van der Waals surface area contributed by atoms with Gasteiger partial charge in [0.25, 0.3) is 0 Å². The molecule has 2 aromatic carbocycles. The molecule has 3 aliphatic rings. The van der Waals surface area contributed by atoms with Crippen LogP contribution in [0.25, 0.3) is 11.1 Å². The number of hydrogen-bond donors (Lipinski definition) is 2. The van der Waals surface area contributed by atoms with Gasteiger partial charge in [-0.25, -0.2) is 17.8 Å². The SMILES string of the molecule is CC1(F)CNCCC1Cc1ccc(-c2ccc(C3CCNCC3)cc2)c(C2=NCN=N2)c1S(C)(=O)=O. The number of rotatable bonds is 6. The van der Waals surface area contributed by atoms with Gasteiger partial charge in [-0.2, -0.15) is 5.11 Å². The van der Waals surface area contributed by atoms with Crippen LogP contribution in [0.4, 0.5) is 4.39 Å². The Kier molecular flexibility index (Phi) is 7.07. The normalized spacial score (nSPS) is 25.2. The van der Waals surface area contributed by atoms with Crippen molar-refractivity contribution in [2.75, 3.05) is 39.1 Å². The highest BCUT2D eigenvalue weighted by Crippen LogP contribution is 2.38. The number of halogens is 1. The Morgan fingerprint density at radius 3 is 2.39 bits per heavy atom. The van der Waals surface area contributed by atoms with E-state index in [1.807, 2.05) is 12.1 Å². The summed E-state index contributed by atoms with van der Waals surface area (Å²) in [6.45, 7) is 4.80. The third kappa shape index (κ3) is 5.14. The zero-order chi connectivity index (χ0) is 25.3. The van der Waals surface area contributed by atoms with Crippen LogP contribution < -0.4 is 10.6 Å². The van der Waals surface area contributed by atoms with Gasteiger partial charge in [0.15, 0.2) is 22.3 Å². The van der Waals surface area contributed by atoms with E-state index in [0.717, 1.165) is 37.1 Å². The number of alkyl halides is 1. The first kappa shape index (κ1) is 25.2. The Balaban J connectivity index is 1.60. The molecule has 3 heterocycles. The van der Waals surface area contributed by atoms with E-state index >= 15 is 4.39 Å². The van der Waals surface area contributed by atoms with Crippen LogP contribution in [0.2, 0.25) is 0 Å². The molecule has 7 nitrogen and oxygen atoms in total. The summed E-state index contributed by atoms with van der Waals surface area (Å²) in [4.78, 5) is 4.59. The number of nitrogens with zero attached hydrogens (tertiary/aromatic N) is 3. The van der Waals surface area contributed by atoms with Crippen molar-refractivity contribution < 1.29 is 12.8 Å². The monoisotopic (exact) mass is 511 g/mol. The van der Waals surface area contributed by atoms with Gasteiger partial charge in [-0.05, 0) is 86.3 Å². The van der Waals surface area contributed by atoms with Crippen molar-refractivity contribution in [3.8, 4) is 11.1 Å². The number of piperidine rings is 2. The van der Waals surface area contributed by atoms with Gasteiger partial charge in [-0.15, -0.1) is 5.11 Å². The average molecular weight is 512 g/mol. The minimum Gasteiger partial charge on any atom is -0.317 e. The molecule has 2 N–H and O–H groups in total. The molecule has 2 unspecified atom stereocenters. The molecule has 2 saturated heterocycles. The van der Waals surface area contributed by atoms with Crippen LogP contribution in [0, 0.1) is 5.92 Å². The summed E-state index contributed by atoms with van der Waals surface area (Å²) in [5, 5.41) is 14.7. The van der Waals surface area contributed by atoms with E-state index in [2.05, 4.69) is 50.1 Å². The fourth-order valence-corrected chi connectivity index (χ4v) is 6.96. The van der Waals surface area contributed by atoms with Crippen molar-refractivity contribution in [1.82, 2.24) is 10.6 Å². The minimum absolute atomic E-state index is 0.174. The maximum atomic E-state index is 15.3. The van der Waals surface area contributed by atoms with Crippen molar-refractivity contribution in [2.24, 2.45) is 21.1 Å². The number of amidine groups is 1. The first-order valence-corrected chi connectivity index (χ1v) is 14.6. The maximum Gasteiger partial charge on any atom is 0.180 e. The number of benzene rings is 2. The maximum absolute atomic E-state index is 15.3. The van der Waals surface area contributed by atoms with Crippen LogP contribution in [-0.2, 0) is 16.3 Å². The van der Waals surface area contributed by atoms with Crippen LogP contribution in [0.15, 0.2) is 56.5 Å². The lowest BCUT2D eigenvalue weighted by Gasteiger charge is -2.36. The molecule has 2 fully saturated rings. The molecule has 0 aliphatic carbocycles. The van der Waals surface area contributed by atoms with Crippen molar-refractivity contribution in [3.05, 3.63) is 53.1 Å². The standard InChI is InChI=1S/C27H34FN5O2S/c1-27(28)16-30-14-11-22(27)15-21-7-8-23(24(25(21)36(2,34)35)26-31-17-32-33-26)20-5-3-18(4-6-20)19-9-12-29-13-10-19/h3-8,19,22,29-30H,9-17H2,1-2H3. The Labute approximate surface area is 212 Å². The number of aliphatic imine (C=N–C) groups is 1. The molecule has 2 aromatic rings. The van der Waals surface area contributed by atoms with E-state index in [9.17, 15) is 8.42 Å². The lowest BCUT2D eigenvalue weighted by Crippen LogP contribution is -2.47. The Morgan fingerprint density at radius 2 is 1.75 bits per heavy atom. The molecule has 2 atom stereocenters. The fourth-order valence-electron chi connectivity index (χ4n) is 5.76. The van der Waals surface area contributed by atoms with Crippen LogP contribution in [-0.4, -0.2) is 59.0 Å². The molecule has 0 saturated carbocycles. The fraction of sp³-hybridized carbons (Fsp3) is 0.519. The molecule has 36 heavy (non-hydrogen) atoms. The molecule has 0 amide bonds. The summed E-state index contributed by atoms with van der Waals surface area (Å²) < 4.78 is 41.8. The Bertz CT molecular complexity index is 1280. The first-order chi connectivity index (χ1) is 17.2. The van der Waals surface area contributed by atoms with Gasteiger partial charge in [0.1, 0.15) is 5.67 Å². The minimum atomic E-state index is -3.67. The van der Waals surface area contributed by atoms with Gasteiger partial charge in [-0.1, -0.05) is 36.4 Å². The van der Waals surface area contributed by atoms with Crippen molar-refractivity contribution in [3.63, 3.8) is 0 Å². The topological polar surface area (TPSA) is 95.3 Å². The Hall–Kier alpha value is -2.49. The van der Waals surface area contributed by atoms with Gasteiger partial charge in [0, 0.05) is 18.4 Å². The summed E-state index contributed by atoms with van der Waals surface area (Å²) in [5.41, 5.74) is 2.63. The van der Waals surface area contributed by atoms with Gasteiger partial charge in [-0.3, -0.25) is 0 Å². The lowest BCUT2D eigenvalue weighted by atomic mass is 9.80. The van der Waals surface area contributed by atoms with Crippen molar-refractivity contribution >= 4 is 15.7 Å². The van der Waals surface area contributed by atoms with Gasteiger partial charge in [0.2, 0.25) is 0 Å². The van der Waals surface area contributed by atoms with Crippen LogP contribution in [0.1, 0.15) is 48.8 Å². The second kappa shape index (κ2) is 10.1. The van der Waals surface area contributed by atoms with Crippen molar-refractivity contribution in [1.29, 1.82) is 0 Å². The van der Waals surface area contributed by atoms with E-state index in [1.165, 1.54) is 11.8 Å². The summed E-state index contributed by atoms with van der Waals surface area (Å²) in [7, 11) is -3.67. The summed E-state index contributed by atoms with van der Waals surface area (Å²) in [6, 6.07) is 12.2. The molecule has 0 aromatic heterocycles. The molecular formula is C27H34FN5O2S. The molecule has 9 heteroatoms. The molecule has 0 bridgehead atoms. The van der Waals surface area contributed by atoms with Crippen molar-refractivity contribution in [2.45, 2.75) is 49.1 Å². The van der Waals surface area contributed by atoms with Gasteiger partial charge >= 0.3 is 0 Å². The summed E-state index contributed by atoms with van der Waals surface area (Å²) >= 11 is 0. The van der Waals surface area contributed by atoms with Gasteiger partial charge in [0.05, 0.1) is 4.90 Å². The predicted octanol–water partition coefficient (Wildman–Crippen LogP) is 4.27. The smallest absolute Gasteiger partial charge is 0.180 e. The first-order valence-electron chi connectivity index (χ1n) is 12.7. The van der Waals surface area contributed by atoms with Crippen LogP contribution in [0.5, 0.6) is 0 Å². The quantitative estimate of drug-likeness (QED) is 0.605. The summed E-state index contributed by atoms with van der Waals surface area (Å²) in [6.07, 6.45) is 4.41. The van der Waals surface area contributed by atoms with Crippen LogP contribution in [0.3, 0.4) is 0 Å². The Morgan fingerprint density at radius 1 is 1.03 bits per heavy atom. The molecular weight excluding hydrogens is 477 g/mol. The van der Waals surface area contributed by atoms with E-state index in [4.69, 9.17) is 0 Å². The third-order valence-electron chi connectivity index (χ3n) is 7.77. The number of sulfone groups is 1. The predicted molar refractivity (Wildman–Crippen MR) is 140 cm³/mol. The lowest BCUT2D eigenvalue weighted by molar-refractivity contribution is 0.0708. The average Bonchev–Trinajstić information content (AvgIpc) is 3.40. The highest BCUT2D eigenvalue weighted by Gasteiger charge is 2.38. The van der Waals surface area contributed by atoms with Crippen LogP contribution >= 0.6 is 0 Å². The molecule has 192 valence electrons. The molecule has 0 radical (unpaired) electrons. The van der Waals surface area contributed by atoms with E-state index in [0.29, 0.717) is 42.3 Å². The number of hydrogen-bond acceptors (Lipinski definition) is 7. The zero-order valence-corrected chi connectivity index (χ0v) is 21.7. The molecule has 5 rings (SSSR count).